The van der Waals surface area contributed by atoms with Gasteiger partial charge in [-0.2, -0.15) is 0 Å². The third-order valence-electron chi connectivity index (χ3n) is 4.80. The summed E-state index contributed by atoms with van der Waals surface area (Å²) in [6.07, 6.45) is 8.17. The predicted octanol–water partition coefficient (Wildman–Crippen LogP) is 4.11. The molecule has 140 valence electrons. The van der Waals surface area contributed by atoms with Crippen LogP contribution in [0.2, 0.25) is 5.02 Å². The van der Waals surface area contributed by atoms with E-state index in [1.54, 1.807) is 18.5 Å². The number of hydrogen-bond acceptors (Lipinski definition) is 6. The largest absolute Gasteiger partial charge is 0.363 e. The average Bonchev–Trinajstić information content (AvgIpc) is 3.20. The maximum absolute atomic E-state index is 14.3. The Morgan fingerprint density at radius 1 is 1.26 bits per heavy atom. The fourth-order valence-electron chi connectivity index (χ4n) is 3.28. The van der Waals surface area contributed by atoms with Gasteiger partial charge in [0.05, 0.1) is 11.2 Å². The Bertz CT molecular complexity index is 991. The summed E-state index contributed by atoms with van der Waals surface area (Å²) in [6, 6.07) is 1.99. The quantitative estimate of drug-likeness (QED) is 0.624. The first-order valence-corrected chi connectivity index (χ1v) is 10.2. The highest BCUT2D eigenvalue weighted by Gasteiger charge is 2.30. The number of fused-ring (bicyclic) bond motifs is 1. The summed E-state index contributed by atoms with van der Waals surface area (Å²) < 4.78 is 16.7. The summed E-state index contributed by atoms with van der Waals surface area (Å²) in [5.41, 5.74) is 1.45. The summed E-state index contributed by atoms with van der Waals surface area (Å²) in [4.78, 5) is 15.9. The zero-order valence-electron chi connectivity index (χ0n) is 14.5. The van der Waals surface area contributed by atoms with E-state index in [1.165, 1.54) is 19.0 Å². The predicted molar refractivity (Wildman–Crippen MR) is 106 cm³/mol. The minimum absolute atomic E-state index is 0.188. The fraction of sp³-hybridized carbons (Fsp3) is 0.389. The van der Waals surface area contributed by atoms with Crippen LogP contribution in [0.25, 0.3) is 22.4 Å². The number of aromatic nitrogens is 4. The maximum atomic E-state index is 14.3. The average molecular weight is 405 g/mol. The third-order valence-corrected chi connectivity index (χ3v) is 6.40. The van der Waals surface area contributed by atoms with E-state index in [0.717, 1.165) is 35.7 Å². The van der Waals surface area contributed by atoms with Crippen molar-refractivity contribution in [1.82, 2.24) is 24.2 Å². The first-order valence-electron chi connectivity index (χ1n) is 8.99. The van der Waals surface area contributed by atoms with Crippen molar-refractivity contribution in [1.29, 1.82) is 0 Å². The summed E-state index contributed by atoms with van der Waals surface area (Å²) in [6.45, 7) is 1.91. The lowest BCUT2D eigenvalue weighted by atomic mass is 10.2. The van der Waals surface area contributed by atoms with Gasteiger partial charge in [0.15, 0.2) is 17.5 Å². The second kappa shape index (κ2) is 6.92. The summed E-state index contributed by atoms with van der Waals surface area (Å²) in [5, 5.41) is 5.39. The van der Waals surface area contributed by atoms with E-state index in [1.807, 2.05) is 11.9 Å². The molecule has 0 bridgehead atoms. The summed E-state index contributed by atoms with van der Waals surface area (Å²) >= 11 is 8.00. The molecule has 27 heavy (non-hydrogen) atoms. The zero-order chi connectivity index (χ0) is 18.4. The molecule has 6 nitrogen and oxygen atoms in total. The molecule has 0 aromatic carbocycles. The van der Waals surface area contributed by atoms with E-state index in [2.05, 4.69) is 29.6 Å². The van der Waals surface area contributed by atoms with Gasteiger partial charge in [-0.05, 0) is 25.3 Å². The minimum atomic E-state index is -0.442. The summed E-state index contributed by atoms with van der Waals surface area (Å²) in [7, 11) is 0. The van der Waals surface area contributed by atoms with Crippen molar-refractivity contribution in [3.8, 4) is 11.4 Å². The zero-order valence-corrected chi connectivity index (χ0v) is 16.0. The van der Waals surface area contributed by atoms with Crippen LogP contribution in [0.5, 0.6) is 0 Å². The number of nitrogens with zero attached hydrogens (tertiary/aromatic N) is 4. The molecule has 3 aromatic rings. The first-order chi connectivity index (χ1) is 13.2. The Balaban J connectivity index is 1.38. The van der Waals surface area contributed by atoms with E-state index in [0.29, 0.717) is 16.5 Å². The molecular formula is C18H18ClFN6S. The van der Waals surface area contributed by atoms with E-state index < -0.39 is 5.82 Å². The normalized spacial score (nSPS) is 20.4. The molecule has 1 saturated carbocycles. The number of hydrogen-bond donors (Lipinski definition) is 2. The van der Waals surface area contributed by atoms with Gasteiger partial charge >= 0.3 is 0 Å². The lowest BCUT2D eigenvalue weighted by Gasteiger charge is -2.16. The number of H-pyrrole nitrogens is 1. The van der Waals surface area contributed by atoms with Crippen LogP contribution in [0.1, 0.15) is 19.3 Å². The molecule has 2 N–H and O–H groups in total. The van der Waals surface area contributed by atoms with Crippen LogP contribution >= 0.6 is 23.5 Å². The van der Waals surface area contributed by atoms with E-state index in [9.17, 15) is 4.39 Å². The monoisotopic (exact) mass is 404 g/mol. The second-order valence-electron chi connectivity index (χ2n) is 6.96. The van der Waals surface area contributed by atoms with Crippen molar-refractivity contribution < 1.29 is 4.39 Å². The molecule has 1 atom stereocenters. The first kappa shape index (κ1) is 17.2. The van der Waals surface area contributed by atoms with Gasteiger partial charge < -0.3 is 10.3 Å². The van der Waals surface area contributed by atoms with Crippen LogP contribution in [0.4, 0.5) is 10.2 Å². The van der Waals surface area contributed by atoms with Crippen molar-refractivity contribution in [2.75, 3.05) is 18.4 Å². The highest BCUT2D eigenvalue weighted by Crippen LogP contribution is 2.38. The fourth-order valence-corrected chi connectivity index (χ4v) is 4.68. The van der Waals surface area contributed by atoms with E-state index in [4.69, 9.17) is 11.6 Å². The van der Waals surface area contributed by atoms with Gasteiger partial charge in [0.1, 0.15) is 5.65 Å². The lowest BCUT2D eigenvalue weighted by Crippen LogP contribution is -2.24. The van der Waals surface area contributed by atoms with Crippen molar-refractivity contribution >= 4 is 40.4 Å². The van der Waals surface area contributed by atoms with Gasteiger partial charge in [-0.3, -0.25) is 0 Å². The Hall–Kier alpha value is -1.90. The molecule has 0 amide bonds. The van der Waals surface area contributed by atoms with Crippen LogP contribution in [-0.4, -0.2) is 48.6 Å². The molecule has 5 rings (SSSR count). The number of pyridine rings is 1. The van der Waals surface area contributed by atoms with Gasteiger partial charge in [0, 0.05) is 47.7 Å². The highest BCUT2D eigenvalue weighted by molar-refractivity contribution is 7.97. The standard InChI is InChI=1S/C18H18ClFN6S/c19-10-5-13-14(7-22-16(13)21-6-10)17-23-8-15(20)18(25-17)24-11-3-4-26(9-11)27-12-1-2-12/h5-8,11-12H,1-4,9H2,(H,21,22)(H,23,24,25). The Kier molecular flexibility index (Phi) is 4.41. The number of nitrogens with one attached hydrogen (secondary N) is 2. The summed E-state index contributed by atoms with van der Waals surface area (Å²) in [5.74, 6) is 0.243. The Morgan fingerprint density at radius 3 is 3.00 bits per heavy atom. The molecule has 2 aliphatic rings. The van der Waals surface area contributed by atoms with Gasteiger partial charge in [-0.25, -0.2) is 23.6 Å². The van der Waals surface area contributed by atoms with Crippen molar-refractivity contribution in [2.24, 2.45) is 0 Å². The van der Waals surface area contributed by atoms with Crippen LogP contribution in [0, 0.1) is 5.82 Å². The molecular weight excluding hydrogens is 387 g/mol. The van der Waals surface area contributed by atoms with Crippen molar-refractivity contribution in [3.05, 3.63) is 35.5 Å². The molecule has 0 spiro atoms. The van der Waals surface area contributed by atoms with Crippen LogP contribution < -0.4 is 5.32 Å². The Labute approximate surface area is 165 Å². The number of halogens is 2. The van der Waals surface area contributed by atoms with Gasteiger partial charge in [0.25, 0.3) is 0 Å². The van der Waals surface area contributed by atoms with Gasteiger partial charge in [0.2, 0.25) is 0 Å². The van der Waals surface area contributed by atoms with E-state index >= 15 is 0 Å². The third kappa shape index (κ3) is 3.61. The van der Waals surface area contributed by atoms with Crippen LogP contribution in [0.15, 0.2) is 24.7 Å². The molecule has 3 aromatic heterocycles. The van der Waals surface area contributed by atoms with Crippen LogP contribution in [0.3, 0.4) is 0 Å². The van der Waals surface area contributed by atoms with Gasteiger partial charge in [-0.15, -0.1) is 0 Å². The number of aromatic amines is 1. The maximum Gasteiger partial charge on any atom is 0.183 e. The highest BCUT2D eigenvalue weighted by atomic mass is 35.5. The number of anilines is 1. The lowest BCUT2D eigenvalue weighted by molar-refractivity contribution is 0.575. The smallest absolute Gasteiger partial charge is 0.183 e. The molecule has 0 radical (unpaired) electrons. The molecule has 2 fully saturated rings. The van der Waals surface area contributed by atoms with Crippen molar-refractivity contribution in [2.45, 2.75) is 30.6 Å². The topological polar surface area (TPSA) is 69.7 Å². The number of rotatable bonds is 5. The van der Waals surface area contributed by atoms with Crippen molar-refractivity contribution in [3.63, 3.8) is 0 Å². The molecule has 4 heterocycles. The molecule has 9 heteroatoms. The Morgan fingerprint density at radius 2 is 2.15 bits per heavy atom. The molecule has 1 unspecified atom stereocenters. The molecule has 1 aliphatic heterocycles. The molecule has 1 saturated heterocycles. The minimum Gasteiger partial charge on any atom is -0.363 e. The molecule has 1 aliphatic carbocycles. The van der Waals surface area contributed by atoms with E-state index in [-0.39, 0.29) is 11.9 Å². The van der Waals surface area contributed by atoms with Crippen LogP contribution in [-0.2, 0) is 0 Å². The second-order valence-corrected chi connectivity index (χ2v) is 8.80. The van der Waals surface area contributed by atoms with Gasteiger partial charge in [-0.1, -0.05) is 23.5 Å². The SMILES string of the molecule is Fc1cnc(-c2c[nH]c3ncc(Cl)cc23)nc1NC1CCN(SC2CC2)C1.